The van der Waals surface area contributed by atoms with E-state index < -0.39 is 6.43 Å². The summed E-state index contributed by atoms with van der Waals surface area (Å²) in [5, 5.41) is 9.12. The molecule has 0 saturated heterocycles. The van der Waals surface area contributed by atoms with Crippen molar-refractivity contribution < 1.29 is 13.9 Å². The predicted octanol–water partition coefficient (Wildman–Crippen LogP) is 3.07. The lowest BCUT2D eigenvalue weighted by atomic mass is 10.2. The van der Waals surface area contributed by atoms with Gasteiger partial charge in [-0.25, -0.2) is 13.8 Å². The summed E-state index contributed by atoms with van der Waals surface area (Å²) in [4.78, 5) is 3.74. The maximum Gasteiger partial charge on any atom is 0.265 e. The summed E-state index contributed by atoms with van der Waals surface area (Å²) in [6.45, 7) is 0. The molecule has 0 radical (unpaired) electrons. The zero-order valence-electron chi connectivity index (χ0n) is 6.27. The maximum absolute atomic E-state index is 12.3. The Morgan fingerprint density at radius 2 is 2.23 bits per heavy atom. The molecular formula is C7H5ClF2INO. The van der Waals surface area contributed by atoms with E-state index in [0.717, 1.165) is 6.07 Å². The van der Waals surface area contributed by atoms with E-state index in [-0.39, 0.29) is 26.6 Å². The molecule has 0 amide bonds. The van der Waals surface area contributed by atoms with Gasteiger partial charge in [-0.3, -0.25) is 0 Å². The van der Waals surface area contributed by atoms with Crippen LogP contribution in [0, 0.1) is 3.70 Å². The molecule has 0 aliphatic carbocycles. The lowest BCUT2D eigenvalue weighted by Crippen LogP contribution is -1.98. The molecule has 6 heteroatoms. The molecule has 0 saturated carbocycles. The Morgan fingerprint density at radius 3 is 2.69 bits per heavy atom. The first-order valence-electron chi connectivity index (χ1n) is 3.28. The van der Waals surface area contributed by atoms with E-state index in [1.54, 1.807) is 22.6 Å². The van der Waals surface area contributed by atoms with Gasteiger partial charge in [0.25, 0.3) is 6.43 Å². The molecule has 0 aliphatic rings. The smallest absolute Gasteiger partial charge is 0.265 e. The average molecular weight is 319 g/mol. The average Bonchev–Trinajstić information content (AvgIpc) is 2.08. The monoisotopic (exact) mass is 319 g/mol. The molecule has 0 aliphatic heterocycles. The summed E-state index contributed by atoms with van der Waals surface area (Å²) in [5.41, 5.74) is -0.202. The normalized spacial score (nSPS) is 10.8. The Balaban J connectivity index is 3.25. The molecule has 72 valence electrons. The van der Waals surface area contributed by atoms with E-state index in [1.165, 1.54) is 0 Å². The zero-order valence-corrected chi connectivity index (χ0v) is 9.18. The minimum absolute atomic E-state index is 0.0873. The second-order valence-corrected chi connectivity index (χ2v) is 3.56. The fourth-order valence-corrected chi connectivity index (χ4v) is 1.49. The van der Waals surface area contributed by atoms with Crippen molar-refractivity contribution in [1.82, 2.24) is 4.98 Å². The molecule has 0 spiro atoms. The van der Waals surface area contributed by atoms with Crippen molar-refractivity contribution in [2.24, 2.45) is 0 Å². The summed E-state index contributed by atoms with van der Waals surface area (Å²) in [7, 11) is 0. The highest BCUT2D eigenvalue weighted by atomic mass is 127. The van der Waals surface area contributed by atoms with Gasteiger partial charge in [0.05, 0.1) is 11.6 Å². The van der Waals surface area contributed by atoms with Gasteiger partial charge in [-0.05, 0) is 28.7 Å². The Labute approximate surface area is 92.1 Å². The molecule has 0 fully saturated rings. The fraction of sp³-hybridized carbons (Fsp3) is 0.286. The van der Waals surface area contributed by atoms with Gasteiger partial charge in [0.2, 0.25) is 0 Å². The number of hydrogen-bond donors (Lipinski definition) is 1. The fourth-order valence-electron chi connectivity index (χ4n) is 0.826. The molecule has 1 aromatic heterocycles. The van der Waals surface area contributed by atoms with Crippen molar-refractivity contribution in [3.8, 4) is 5.75 Å². The number of aromatic nitrogens is 1. The number of rotatable bonds is 2. The van der Waals surface area contributed by atoms with Crippen LogP contribution in [0.2, 0.25) is 0 Å². The standard InChI is InChI=1S/C7H5ClF2INO/c8-2-4-3(6(9)10)1-5(13)7(11)12-4/h1,6,13H,2H2. The zero-order chi connectivity index (χ0) is 10.0. The Kier molecular flexibility index (Phi) is 3.66. The topological polar surface area (TPSA) is 33.1 Å². The minimum atomic E-state index is -2.66. The predicted molar refractivity (Wildman–Crippen MR) is 53.1 cm³/mol. The number of alkyl halides is 3. The van der Waals surface area contributed by atoms with Crippen molar-refractivity contribution in [2.75, 3.05) is 0 Å². The van der Waals surface area contributed by atoms with Crippen molar-refractivity contribution in [3.05, 3.63) is 21.0 Å². The van der Waals surface area contributed by atoms with Gasteiger partial charge in [-0.1, -0.05) is 0 Å². The van der Waals surface area contributed by atoms with Crippen LogP contribution in [0.25, 0.3) is 0 Å². The van der Waals surface area contributed by atoms with Crippen molar-refractivity contribution >= 4 is 34.2 Å². The number of aromatic hydroxyl groups is 1. The third kappa shape index (κ3) is 2.40. The molecule has 1 heterocycles. The molecule has 1 aromatic rings. The molecule has 2 nitrogen and oxygen atoms in total. The molecule has 13 heavy (non-hydrogen) atoms. The van der Waals surface area contributed by atoms with Crippen molar-refractivity contribution in [1.29, 1.82) is 0 Å². The summed E-state index contributed by atoms with van der Waals surface area (Å²) in [6, 6.07) is 0.997. The van der Waals surface area contributed by atoms with Gasteiger partial charge < -0.3 is 5.11 Å². The number of hydrogen-bond acceptors (Lipinski definition) is 2. The third-order valence-electron chi connectivity index (χ3n) is 1.43. The van der Waals surface area contributed by atoms with Gasteiger partial charge in [0.1, 0.15) is 9.45 Å². The van der Waals surface area contributed by atoms with Crippen LogP contribution in [-0.4, -0.2) is 10.1 Å². The maximum atomic E-state index is 12.3. The molecule has 1 rings (SSSR count). The largest absolute Gasteiger partial charge is 0.505 e. The van der Waals surface area contributed by atoms with Crippen LogP contribution >= 0.6 is 34.2 Å². The minimum Gasteiger partial charge on any atom is -0.505 e. The first-order valence-corrected chi connectivity index (χ1v) is 4.90. The second kappa shape index (κ2) is 4.36. The second-order valence-electron chi connectivity index (χ2n) is 2.27. The molecule has 0 aromatic carbocycles. The Bertz CT molecular complexity index is 322. The summed E-state index contributed by atoms with van der Waals surface area (Å²) < 4.78 is 24.9. The summed E-state index contributed by atoms with van der Waals surface area (Å²) in [6.07, 6.45) is -2.66. The first-order chi connectivity index (χ1) is 6.06. The quantitative estimate of drug-likeness (QED) is 0.516. The molecule has 0 unspecified atom stereocenters. The highest BCUT2D eigenvalue weighted by Gasteiger charge is 2.16. The van der Waals surface area contributed by atoms with E-state index in [2.05, 4.69) is 4.98 Å². The van der Waals surface area contributed by atoms with Crippen LogP contribution in [-0.2, 0) is 5.88 Å². The lowest BCUT2D eigenvalue weighted by Gasteiger charge is -2.06. The highest BCUT2D eigenvalue weighted by molar-refractivity contribution is 14.1. The SMILES string of the molecule is Oc1cc(C(F)F)c(CCl)nc1I. The third-order valence-corrected chi connectivity index (χ3v) is 2.48. The number of nitrogens with zero attached hydrogens (tertiary/aromatic N) is 1. The van der Waals surface area contributed by atoms with E-state index in [9.17, 15) is 8.78 Å². The van der Waals surface area contributed by atoms with Crippen LogP contribution in [0.3, 0.4) is 0 Å². The first kappa shape index (κ1) is 10.9. The van der Waals surface area contributed by atoms with E-state index in [0.29, 0.717) is 0 Å². The molecule has 0 bridgehead atoms. The van der Waals surface area contributed by atoms with Crippen LogP contribution in [0.5, 0.6) is 5.75 Å². The van der Waals surface area contributed by atoms with Crippen molar-refractivity contribution in [3.63, 3.8) is 0 Å². The summed E-state index contributed by atoms with van der Waals surface area (Å²) in [5.74, 6) is -0.333. The van der Waals surface area contributed by atoms with Gasteiger partial charge in [-0.2, -0.15) is 0 Å². The van der Waals surface area contributed by atoms with E-state index in [4.69, 9.17) is 16.7 Å². The Hall–Kier alpha value is -0.170. The van der Waals surface area contributed by atoms with Gasteiger partial charge in [0, 0.05) is 5.56 Å². The van der Waals surface area contributed by atoms with E-state index in [1.807, 2.05) is 0 Å². The van der Waals surface area contributed by atoms with E-state index >= 15 is 0 Å². The van der Waals surface area contributed by atoms with Crippen LogP contribution < -0.4 is 0 Å². The highest BCUT2D eigenvalue weighted by Crippen LogP contribution is 2.28. The van der Waals surface area contributed by atoms with Gasteiger partial charge in [-0.15, -0.1) is 11.6 Å². The number of halogens is 4. The van der Waals surface area contributed by atoms with Crippen LogP contribution in [0.15, 0.2) is 6.07 Å². The van der Waals surface area contributed by atoms with Crippen LogP contribution in [0.1, 0.15) is 17.7 Å². The van der Waals surface area contributed by atoms with Crippen LogP contribution in [0.4, 0.5) is 8.78 Å². The molecule has 0 atom stereocenters. The molecular weight excluding hydrogens is 314 g/mol. The lowest BCUT2D eigenvalue weighted by molar-refractivity contribution is 0.149. The number of pyridine rings is 1. The Morgan fingerprint density at radius 1 is 1.62 bits per heavy atom. The molecule has 1 N–H and O–H groups in total. The van der Waals surface area contributed by atoms with Gasteiger partial charge >= 0.3 is 0 Å². The summed E-state index contributed by atoms with van der Waals surface area (Å²) >= 11 is 7.17. The van der Waals surface area contributed by atoms with Crippen molar-refractivity contribution in [2.45, 2.75) is 12.3 Å². The van der Waals surface area contributed by atoms with Gasteiger partial charge in [0.15, 0.2) is 0 Å².